The Morgan fingerprint density at radius 1 is 1.04 bits per heavy atom. The van der Waals surface area contributed by atoms with Crippen LogP contribution in [0.25, 0.3) is 6.08 Å². The highest BCUT2D eigenvalue weighted by molar-refractivity contribution is 7.92. The number of carbonyl (C=O) groups is 1. The first kappa shape index (κ1) is 20.0. The monoisotopic (exact) mass is 392 g/mol. The molecule has 0 fully saturated rings. The molecule has 0 aromatic heterocycles. The number of para-hydroxylation sites is 1. The summed E-state index contributed by atoms with van der Waals surface area (Å²) < 4.78 is 27.3. The van der Waals surface area contributed by atoms with Crippen molar-refractivity contribution in [2.45, 2.75) is 31.2 Å². The Balaban J connectivity index is 2.11. The van der Waals surface area contributed by atoms with Gasteiger partial charge in [0.15, 0.2) is 0 Å². The number of halogens is 1. The van der Waals surface area contributed by atoms with Crippen LogP contribution < -0.4 is 10.0 Å². The predicted molar refractivity (Wildman–Crippen MR) is 106 cm³/mol. The van der Waals surface area contributed by atoms with Gasteiger partial charge in [-0.2, -0.15) is 0 Å². The van der Waals surface area contributed by atoms with Crippen molar-refractivity contribution in [1.82, 2.24) is 5.32 Å². The van der Waals surface area contributed by atoms with Gasteiger partial charge >= 0.3 is 0 Å². The lowest BCUT2D eigenvalue weighted by molar-refractivity contribution is -0.117. The van der Waals surface area contributed by atoms with Crippen molar-refractivity contribution in [3.05, 3.63) is 65.2 Å². The summed E-state index contributed by atoms with van der Waals surface area (Å²) in [4.78, 5) is 11.9. The highest BCUT2D eigenvalue weighted by Gasteiger charge is 2.15. The maximum Gasteiger partial charge on any atom is 0.261 e. The molecular formula is C19H21ClN2O3S. The van der Waals surface area contributed by atoms with Gasteiger partial charge in [-0.25, -0.2) is 8.42 Å². The topological polar surface area (TPSA) is 75.3 Å². The second-order valence-corrected chi connectivity index (χ2v) is 8.82. The third kappa shape index (κ3) is 5.89. The smallest absolute Gasteiger partial charge is 0.261 e. The van der Waals surface area contributed by atoms with Gasteiger partial charge in [0.25, 0.3) is 10.0 Å². The molecule has 5 nitrogen and oxygen atoms in total. The van der Waals surface area contributed by atoms with Gasteiger partial charge in [0.1, 0.15) is 0 Å². The van der Waals surface area contributed by atoms with E-state index in [-0.39, 0.29) is 16.3 Å². The zero-order valence-corrected chi connectivity index (χ0v) is 16.4. The Morgan fingerprint density at radius 2 is 1.65 bits per heavy atom. The number of benzene rings is 2. The van der Waals surface area contributed by atoms with E-state index in [1.165, 1.54) is 18.2 Å². The van der Waals surface area contributed by atoms with Gasteiger partial charge in [0, 0.05) is 11.6 Å². The minimum atomic E-state index is -3.75. The number of rotatable bonds is 5. The molecule has 0 atom stereocenters. The molecule has 0 saturated heterocycles. The fourth-order valence-electron chi connectivity index (χ4n) is 2.09. The second kappa shape index (κ2) is 7.93. The van der Waals surface area contributed by atoms with E-state index in [0.717, 1.165) is 0 Å². The summed E-state index contributed by atoms with van der Waals surface area (Å²) in [5, 5.41) is 3.13. The van der Waals surface area contributed by atoms with Crippen LogP contribution in [0.4, 0.5) is 5.69 Å². The Labute approximate surface area is 159 Å². The standard InChI is InChI=1S/C19H21ClN2O3S/c1-19(2,3)21-18(23)13-10-14-8-11-15(12-9-14)26(24,25)22-17-7-5-4-6-16(17)20/h4-13,22H,1-3H3,(H,21,23)/b13-10+. The van der Waals surface area contributed by atoms with Gasteiger partial charge in [-0.3, -0.25) is 9.52 Å². The molecule has 0 saturated carbocycles. The molecule has 0 aliphatic carbocycles. The average Bonchev–Trinajstić information content (AvgIpc) is 2.54. The van der Waals surface area contributed by atoms with E-state index in [2.05, 4.69) is 10.0 Å². The van der Waals surface area contributed by atoms with Crippen LogP contribution >= 0.6 is 11.6 Å². The van der Waals surface area contributed by atoms with E-state index in [1.807, 2.05) is 20.8 Å². The van der Waals surface area contributed by atoms with Crippen molar-refractivity contribution in [1.29, 1.82) is 0 Å². The van der Waals surface area contributed by atoms with Gasteiger partial charge in [-0.1, -0.05) is 35.9 Å². The quantitative estimate of drug-likeness (QED) is 0.753. The first-order chi connectivity index (χ1) is 12.1. The number of amides is 1. The molecule has 0 bridgehead atoms. The molecule has 2 N–H and O–H groups in total. The highest BCUT2D eigenvalue weighted by atomic mass is 35.5. The predicted octanol–water partition coefficient (Wildman–Crippen LogP) is 4.07. The van der Waals surface area contributed by atoms with E-state index in [0.29, 0.717) is 16.3 Å². The molecule has 0 heterocycles. The molecule has 138 valence electrons. The molecule has 2 rings (SSSR count). The molecule has 0 unspecified atom stereocenters. The molecule has 0 aliphatic heterocycles. The number of nitrogens with one attached hydrogen (secondary N) is 2. The van der Waals surface area contributed by atoms with Crippen LogP contribution in [-0.2, 0) is 14.8 Å². The zero-order valence-electron chi connectivity index (χ0n) is 14.8. The van der Waals surface area contributed by atoms with Crippen LogP contribution in [0.2, 0.25) is 5.02 Å². The van der Waals surface area contributed by atoms with Crippen molar-refractivity contribution in [2.24, 2.45) is 0 Å². The maximum absolute atomic E-state index is 12.4. The number of carbonyl (C=O) groups excluding carboxylic acids is 1. The van der Waals surface area contributed by atoms with Crippen molar-refractivity contribution < 1.29 is 13.2 Å². The normalized spacial score (nSPS) is 12.2. The lowest BCUT2D eigenvalue weighted by atomic mass is 10.1. The molecule has 0 spiro atoms. The minimum Gasteiger partial charge on any atom is -0.348 e. The first-order valence-corrected chi connectivity index (χ1v) is 9.81. The summed E-state index contributed by atoms with van der Waals surface area (Å²) >= 11 is 5.99. The molecule has 26 heavy (non-hydrogen) atoms. The molecule has 0 radical (unpaired) electrons. The lowest BCUT2D eigenvalue weighted by Gasteiger charge is -2.18. The van der Waals surface area contributed by atoms with Gasteiger partial charge in [0.05, 0.1) is 15.6 Å². The van der Waals surface area contributed by atoms with E-state index < -0.39 is 10.0 Å². The van der Waals surface area contributed by atoms with Crippen molar-refractivity contribution >= 4 is 39.3 Å². The van der Waals surface area contributed by atoms with E-state index >= 15 is 0 Å². The van der Waals surface area contributed by atoms with Gasteiger partial charge in [-0.15, -0.1) is 0 Å². The van der Waals surface area contributed by atoms with Crippen molar-refractivity contribution in [3.63, 3.8) is 0 Å². The summed E-state index contributed by atoms with van der Waals surface area (Å²) in [5.74, 6) is -0.213. The SMILES string of the molecule is CC(C)(C)NC(=O)/C=C/c1ccc(S(=O)(=O)Nc2ccccc2Cl)cc1. The molecule has 2 aromatic carbocycles. The fourth-order valence-corrected chi connectivity index (χ4v) is 3.41. The second-order valence-electron chi connectivity index (χ2n) is 6.73. The lowest BCUT2D eigenvalue weighted by Crippen LogP contribution is -2.39. The number of hydrogen-bond donors (Lipinski definition) is 2. The average molecular weight is 393 g/mol. The van der Waals surface area contributed by atoms with Crippen LogP contribution in [0.1, 0.15) is 26.3 Å². The fraction of sp³-hybridized carbons (Fsp3) is 0.211. The summed E-state index contributed by atoms with van der Waals surface area (Å²) in [6.07, 6.45) is 3.04. The van der Waals surface area contributed by atoms with Crippen LogP contribution in [0.5, 0.6) is 0 Å². The Hall–Kier alpha value is -2.31. The van der Waals surface area contributed by atoms with E-state index in [1.54, 1.807) is 42.5 Å². The molecular weight excluding hydrogens is 372 g/mol. The van der Waals surface area contributed by atoms with Crippen LogP contribution in [0.15, 0.2) is 59.5 Å². The Morgan fingerprint density at radius 3 is 2.23 bits per heavy atom. The number of anilines is 1. The van der Waals surface area contributed by atoms with Gasteiger partial charge in [-0.05, 0) is 56.7 Å². The Bertz CT molecular complexity index is 915. The molecule has 1 amide bonds. The van der Waals surface area contributed by atoms with E-state index in [9.17, 15) is 13.2 Å². The van der Waals surface area contributed by atoms with Crippen LogP contribution in [-0.4, -0.2) is 19.9 Å². The van der Waals surface area contributed by atoms with Crippen LogP contribution in [0, 0.1) is 0 Å². The van der Waals surface area contributed by atoms with E-state index in [4.69, 9.17) is 11.6 Å². The van der Waals surface area contributed by atoms with Gasteiger partial charge < -0.3 is 5.32 Å². The third-order valence-corrected chi connectivity index (χ3v) is 4.94. The third-order valence-electron chi connectivity index (χ3n) is 3.23. The molecule has 7 heteroatoms. The molecule has 2 aromatic rings. The zero-order chi connectivity index (χ0) is 19.4. The minimum absolute atomic E-state index is 0.105. The first-order valence-electron chi connectivity index (χ1n) is 7.94. The van der Waals surface area contributed by atoms with Crippen molar-refractivity contribution in [3.8, 4) is 0 Å². The largest absolute Gasteiger partial charge is 0.348 e. The summed E-state index contributed by atoms with van der Waals surface area (Å²) in [6.45, 7) is 5.68. The summed E-state index contributed by atoms with van der Waals surface area (Å²) in [6, 6.07) is 12.8. The summed E-state index contributed by atoms with van der Waals surface area (Å²) in [7, 11) is -3.75. The van der Waals surface area contributed by atoms with Crippen LogP contribution in [0.3, 0.4) is 0 Å². The Kier molecular flexibility index (Phi) is 6.10. The number of sulfonamides is 1. The van der Waals surface area contributed by atoms with Gasteiger partial charge in [0.2, 0.25) is 5.91 Å². The summed E-state index contributed by atoms with van der Waals surface area (Å²) in [5.41, 5.74) is 0.715. The van der Waals surface area contributed by atoms with Crippen molar-refractivity contribution in [2.75, 3.05) is 4.72 Å². The maximum atomic E-state index is 12.4. The highest BCUT2D eigenvalue weighted by Crippen LogP contribution is 2.24. The molecule has 0 aliphatic rings. The number of hydrogen-bond acceptors (Lipinski definition) is 3.